The number of isothiocyanates is 1. The third-order valence-electron chi connectivity index (χ3n) is 0.910. The zero-order chi connectivity index (χ0) is 8.69. The van der Waals surface area contributed by atoms with E-state index >= 15 is 0 Å². The molecule has 0 aliphatic heterocycles. The molecular formula is C7H12ClNOS. The van der Waals surface area contributed by atoms with Crippen LogP contribution < -0.4 is 0 Å². The van der Waals surface area contributed by atoms with E-state index in [2.05, 4.69) is 36.2 Å². The third-order valence-corrected chi connectivity index (χ3v) is 1.30. The fourth-order valence-corrected chi connectivity index (χ4v) is 0.675. The number of rotatable bonds is 5. The highest BCUT2D eigenvalue weighted by Gasteiger charge is 2.03. The molecule has 0 N–H and O–H groups in total. The molecule has 1 unspecified atom stereocenters. The first-order valence-corrected chi connectivity index (χ1v) is 4.30. The Hall–Kier alpha value is 0.0500. The topological polar surface area (TPSA) is 21.6 Å². The van der Waals surface area contributed by atoms with Gasteiger partial charge in [-0.25, -0.2) is 4.99 Å². The molecule has 0 spiro atoms. The lowest BCUT2D eigenvalue weighted by molar-refractivity contribution is 0.0905. The normalized spacial score (nSPS) is 12.7. The Bertz CT molecular complexity index is 145. The van der Waals surface area contributed by atoms with E-state index in [1.165, 1.54) is 0 Å². The summed E-state index contributed by atoms with van der Waals surface area (Å²) < 4.78 is 5.19. The minimum Gasteiger partial charge on any atom is -0.360 e. The van der Waals surface area contributed by atoms with Gasteiger partial charge in [-0.3, -0.25) is 0 Å². The molecule has 1 atom stereocenters. The summed E-state index contributed by atoms with van der Waals surface area (Å²) in [4.78, 5) is 3.66. The van der Waals surface area contributed by atoms with Gasteiger partial charge in [-0.2, -0.15) is 0 Å². The Morgan fingerprint density at radius 2 is 2.27 bits per heavy atom. The van der Waals surface area contributed by atoms with Crippen LogP contribution in [0.3, 0.4) is 0 Å². The summed E-state index contributed by atoms with van der Waals surface area (Å²) in [7, 11) is 0. The second-order valence-electron chi connectivity index (χ2n) is 2.57. The van der Waals surface area contributed by atoms with Crippen LogP contribution in [0.5, 0.6) is 0 Å². The van der Waals surface area contributed by atoms with Crippen molar-refractivity contribution in [2.24, 2.45) is 10.9 Å². The van der Waals surface area contributed by atoms with Gasteiger partial charge in [0, 0.05) is 0 Å². The van der Waals surface area contributed by atoms with Gasteiger partial charge in [-0.1, -0.05) is 25.4 Å². The molecule has 0 heterocycles. The smallest absolute Gasteiger partial charge is 0.151 e. The molecule has 0 aromatic rings. The molecule has 0 saturated heterocycles. The number of hydrogen-bond acceptors (Lipinski definition) is 3. The van der Waals surface area contributed by atoms with Gasteiger partial charge in [-0.15, -0.1) is 0 Å². The molecule has 0 radical (unpaired) electrons. The van der Waals surface area contributed by atoms with Crippen molar-refractivity contribution >= 4 is 29.0 Å². The fraction of sp³-hybridized carbons (Fsp3) is 0.857. The summed E-state index contributed by atoms with van der Waals surface area (Å²) in [6.07, 6.45) is 0. The molecule has 0 aliphatic rings. The van der Waals surface area contributed by atoms with Crippen LogP contribution in [0.2, 0.25) is 0 Å². The van der Waals surface area contributed by atoms with Gasteiger partial charge in [0.25, 0.3) is 0 Å². The molecule has 0 aromatic carbocycles. The van der Waals surface area contributed by atoms with E-state index in [1.807, 2.05) is 0 Å². The highest BCUT2D eigenvalue weighted by atomic mass is 35.5. The van der Waals surface area contributed by atoms with E-state index in [9.17, 15) is 0 Å². The van der Waals surface area contributed by atoms with Gasteiger partial charge in [0.2, 0.25) is 0 Å². The monoisotopic (exact) mass is 193 g/mol. The van der Waals surface area contributed by atoms with Crippen LogP contribution in [0.4, 0.5) is 0 Å². The average Bonchev–Trinajstić information content (AvgIpc) is 1.97. The van der Waals surface area contributed by atoms with Crippen molar-refractivity contribution in [3.8, 4) is 0 Å². The lowest BCUT2D eigenvalue weighted by Gasteiger charge is -2.09. The van der Waals surface area contributed by atoms with Crippen LogP contribution >= 0.6 is 23.8 Å². The maximum Gasteiger partial charge on any atom is 0.151 e. The van der Waals surface area contributed by atoms with Crippen LogP contribution in [0.25, 0.3) is 0 Å². The second-order valence-corrected chi connectivity index (χ2v) is 3.24. The quantitative estimate of drug-likeness (QED) is 0.380. The standard InChI is InChI=1S/C7H12ClNOS/c1-6(2)4-10-7(8)3-9-5-11/h6-7H,3-4H2,1-2H3. The lowest BCUT2D eigenvalue weighted by Crippen LogP contribution is -2.12. The third kappa shape index (κ3) is 7.95. The largest absolute Gasteiger partial charge is 0.360 e. The maximum absolute atomic E-state index is 5.70. The molecule has 0 bridgehead atoms. The number of nitrogens with zero attached hydrogens (tertiary/aromatic N) is 1. The first-order chi connectivity index (χ1) is 5.16. The van der Waals surface area contributed by atoms with E-state index in [0.717, 1.165) is 0 Å². The van der Waals surface area contributed by atoms with Gasteiger partial charge >= 0.3 is 0 Å². The summed E-state index contributed by atoms with van der Waals surface area (Å²) in [5.41, 5.74) is -0.368. The zero-order valence-corrected chi connectivity index (χ0v) is 8.28. The van der Waals surface area contributed by atoms with E-state index in [1.54, 1.807) is 0 Å². The predicted molar refractivity (Wildman–Crippen MR) is 50.3 cm³/mol. The second kappa shape index (κ2) is 6.74. The summed E-state index contributed by atoms with van der Waals surface area (Å²) in [5, 5.41) is 2.23. The van der Waals surface area contributed by atoms with E-state index in [-0.39, 0.29) is 5.56 Å². The van der Waals surface area contributed by atoms with Gasteiger partial charge in [-0.05, 0) is 18.1 Å². The Balaban J connectivity index is 3.36. The Labute approximate surface area is 77.6 Å². The molecule has 64 valence electrons. The van der Waals surface area contributed by atoms with Crippen molar-refractivity contribution in [1.29, 1.82) is 0 Å². The number of thiocarbonyl (C=S) groups is 1. The number of hydrogen-bond donors (Lipinski definition) is 0. The minimum atomic E-state index is -0.368. The van der Waals surface area contributed by atoms with Gasteiger partial charge in [0.1, 0.15) is 0 Å². The molecule has 4 heteroatoms. The van der Waals surface area contributed by atoms with Crippen molar-refractivity contribution in [2.75, 3.05) is 13.2 Å². The van der Waals surface area contributed by atoms with E-state index in [4.69, 9.17) is 16.3 Å². The van der Waals surface area contributed by atoms with Crippen LogP contribution in [0.1, 0.15) is 13.8 Å². The maximum atomic E-state index is 5.70. The van der Waals surface area contributed by atoms with Crippen LogP contribution in [-0.4, -0.2) is 23.9 Å². The van der Waals surface area contributed by atoms with Crippen LogP contribution in [0.15, 0.2) is 4.99 Å². The molecule has 0 fully saturated rings. The Morgan fingerprint density at radius 1 is 1.64 bits per heavy atom. The summed E-state index contributed by atoms with van der Waals surface area (Å²) in [5.74, 6) is 0.493. The zero-order valence-electron chi connectivity index (χ0n) is 6.71. The van der Waals surface area contributed by atoms with E-state index in [0.29, 0.717) is 19.1 Å². The average molecular weight is 194 g/mol. The van der Waals surface area contributed by atoms with Crippen molar-refractivity contribution in [1.82, 2.24) is 0 Å². The molecule has 0 saturated carbocycles. The van der Waals surface area contributed by atoms with Crippen molar-refractivity contribution in [2.45, 2.75) is 19.4 Å². The minimum absolute atomic E-state index is 0.368. The predicted octanol–water partition coefficient (Wildman–Crippen LogP) is 2.33. The molecule has 0 aromatic heterocycles. The highest BCUT2D eigenvalue weighted by Crippen LogP contribution is 2.02. The summed E-state index contributed by atoms with van der Waals surface area (Å²) >= 11 is 10.1. The Kier molecular flexibility index (Phi) is 6.77. The molecule has 0 aliphatic carbocycles. The summed E-state index contributed by atoms with van der Waals surface area (Å²) in [6, 6.07) is 0. The van der Waals surface area contributed by atoms with Gasteiger partial charge < -0.3 is 4.74 Å². The molecule has 2 nitrogen and oxygen atoms in total. The van der Waals surface area contributed by atoms with Crippen molar-refractivity contribution in [3.63, 3.8) is 0 Å². The lowest BCUT2D eigenvalue weighted by atomic mass is 10.2. The van der Waals surface area contributed by atoms with Crippen molar-refractivity contribution in [3.05, 3.63) is 0 Å². The first kappa shape index (κ1) is 11.1. The number of ether oxygens (including phenoxy) is 1. The van der Waals surface area contributed by atoms with Crippen molar-refractivity contribution < 1.29 is 4.74 Å². The summed E-state index contributed by atoms with van der Waals surface area (Å²) in [6.45, 7) is 5.16. The van der Waals surface area contributed by atoms with Gasteiger partial charge in [0.05, 0.1) is 18.3 Å². The van der Waals surface area contributed by atoms with Crippen LogP contribution in [-0.2, 0) is 4.74 Å². The first-order valence-electron chi connectivity index (χ1n) is 3.46. The SMILES string of the molecule is CC(C)COC(Cl)CN=C=S. The molecule has 11 heavy (non-hydrogen) atoms. The number of halogens is 1. The molecular weight excluding hydrogens is 182 g/mol. The number of alkyl halides is 1. The Morgan fingerprint density at radius 3 is 2.73 bits per heavy atom. The van der Waals surface area contributed by atoms with Crippen LogP contribution in [0, 0.1) is 5.92 Å². The fourth-order valence-electron chi connectivity index (χ4n) is 0.459. The van der Waals surface area contributed by atoms with Gasteiger partial charge in [0.15, 0.2) is 5.56 Å². The molecule has 0 amide bonds. The highest BCUT2D eigenvalue weighted by molar-refractivity contribution is 7.78. The molecule has 0 rings (SSSR count). The van der Waals surface area contributed by atoms with E-state index < -0.39 is 0 Å². The number of aliphatic imine (C=N–C) groups is 1.